The van der Waals surface area contributed by atoms with E-state index in [2.05, 4.69) is 31.3 Å². The van der Waals surface area contributed by atoms with Gasteiger partial charge in [-0.15, -0.1) is 0 Å². The molecule has 0 fully saturated rings. The Morgan fingerprint density at radius 3 is 2.36 bits per heavy atom. The third-order valence-corrected chi connectivity index (χ3v) is 2.02. The van der Waals surface area contributed by atoms with Gasteiger partial charge in [0.1, 0.15) is 0 Å². The average molecular weight is 155 g/mol. The highest BCUT2D eigenvalue weighted by molar-refractivity contribution is 4.87. The summed E-state index contributed by atoms with van der Waals surface area (Å²) in [6.45, 7) is 5.59. The van der Waals surface area contributed by atoms with Gasteiger partial charge in [0.2, 0.25) is 0 Å². The predicted octanol–water partition coefficient (Wildman–Crippen LogP) is 2.59. The first-order valence-electron chi connectivity index (χ1n) is 4.66. The Morgan fingerprint density at radius 1 is 1.27 bits per heavy atom. The Kier molecular flexibility index (Phi) is 7.59. The highest BCUT2D eigenvalue weighted by Gasteiger charge is 1.94. The maximum absolute atomic E-state index is 3.13. The van der Waals surface area contributed by atoms with E-state index in [1.165, 1.54) is 12.8 Å². The topological polar surface area (TPSA) is 12.0 Å². The molecule has 0 atom stereocenters. The van der Waals surface area contributed by atoms with Crippen LogP contribution in [0.15, 0.2) is 12.2 Å². The summed E-state index contributed by atoms with van der Waals surface area (Å²) < 4.78 is 0. The van der Waals surface area contributed by atoms with Crippen molar-refractivity contribution in [3.63, 3.8) is 0 Å². The van der Waals surface area contributed by atoms with Gasteiger partial charge in [-0.1, -0.05) is 26.0 Å². The lowest BCUT2D eigenvalue weighted by atomic mass is 10.0. The van der Waals surface area contributed by atoms with Crippen molar-refractivity contribution in [1.29, 1.82) is 0 Å². The van der Waals surface area contributed by atoms with Crippen LogP contribution in [-0.2, 0) is 0 Å². The fourth-order valence-electron chi connectivity index (χ4n) is 1.08. The second kappa shape index (κ2) is 7.80. The molecule has 66 valence electrons. The van der Waals surface area contributed by atoms with Gasteiger partial charge in [-0.2, -0.15) is 0 Å². The monoisotopic (exact) mass is 155 g/mol. The van der Waals surface area contributed by atoms with Gasteiger partial charge >= 0.3 is 0 Å². The van der Waals surface area contributed by atoms with E-state index in [0.29, 0.717) is 0 Å². The summed E-state index contributed by atoms with van der Waals surface area (Å²) in [5.74, 6) is 0.798. The smallest absolute Gasteiger partial charge is 0.00173 e. The van der Waals surface area contributed by atoms with Crippen molar-refractivity contribution in [2.24, 2.45) is 5.92 Å². The predicted molar refractivity (Wildman–Crippen MR) is 51.8 cm³/mol. The summed E-state index contributed by atoms with van der Waals surface area (Å²) >= 11 is 0. The quantitative estimate of drug-likeness (QED) is 0.459. The van der Waals surface area contributed by atoms with E-state index in [0.717, 1.165) is 18.9 Å². The fourth-order valence-corrected chi connectivity index (χ4v) is 1.08. The molecular weight excluding hydrogens is 134 g/mol. The zero-order valence-corrected chi connectivity index (χ0v) is 8.06. The van der Waals surface area contributed by atoms with Crippen LogP contribution in [0.25, 0.3) is 0 Å². The summed E-state index contributed by atoms with van der Waals surface area (Å²) in [5.41, 5.74) is 0. The van der Waals surface area contributed by atoms with E-state index < -0.39 is 0 Å². The van der Waals surface area contributed by atoms with Crippen molar-refractivity contribution in [3.8, 4) is 0 Å². The van der Waals surface area contributed by atoms with Gasteiger partial charge in [0, 0.05) is 0 Å². The first kappa shape index (κ1) is 10.7. The summed E-state index contributed by atoms with van der Waals surface area (Å²) in [6, 6.07) is 0. The third kappa shape index (κ3) is 6.11. The molecule has 0 amide bonds. The average Bonchev–Trinajstić information content (AvgIpc) is 2.05. The molecule has 1 N–H and O–H groups in total. The first-order valence-corrected chi connectivity index (χ1v) is 4.66. The lowest BCUT2D eigenvalue weighted by molar-refractivity contribution is 0.603. The standard InChI is InChI=1S/C10H21N/c1-4-10(5-2)8-6-7-9-11-3/h6,8,10-11H,4-5,7,9H2,1-3H3. The molecule has 0 aliphatic heterocycles. The lowest BCUT2D eigenvalue weighted by Crippen LogP contribution is -2.06. The molecule has 0 spiro atoms. The molecular formula is C10H21N. The minimum atomic E-state index is 0.798. The summed E-state index contributed by atoms with van der Waals surface area (Å²) in [7, 11) is 1.99. The van der Waals surface area contributed by atoms with E-state index in [-0.39, 0.29) is 0 Å². The molecule has 0 aromatic rings. The Morgan fingerprint density at radius 2 is 1.91 bits per heavy atom. The minimum Gasteiger partial charge on any atom is -0.319 e. The van der Waals surface area contributed by atoms with Crippen molar-refractivity contribution in [1.82, 2.24) is 5.32 Å². The first-order chi connectivity index (χ1) is 5.35. The molecule has 0 aliphatic rings. The van der Waals surface area contributed by atoms with Crippen molar-refractivity contribution in [2.75, 3.05) is 13.6 Å². The molecule has 1 nitrogen and oxygen atoms in total. The Balaban J connectivity index is 3.36. The molecule has 0 aliphatic carbocycles. The van der Waals surface area contributed by atoms with Gasteiger partial charge in [0.25, 0.3) is 0 Å². The van der Waals surface area contributed by atoms with E-state index in [1.807, 2.05) is 7.05 Å². The van der Waals surface area contributed by atoms with Crippen LogP contribution >= 0.6 is 0 Å². The van der Waals surface area contributed by atoms with E-state index in [9.17, 15) is 0 Å². The van der Waals surface area contributed by atoms with E-state index in [4.69, 9.17) is 0 Å². The largest absolute Gasteiger partial charge is 0.319 e. The maximum atomic E-state index is 3.13. The van der Waals surface area contributed by atoms with E-state index in [1.54, 1.807) is 0 Å². The van der Waals surface area contributed by atoms with Crippen LogP contribution in [0.5, 0.6) is 0 Å². The van der Waals surface area contributed by atoms with Crippen molar-refractivity contribution in [3.05, 3.63) is 12.2 Å². The maximum Gasteiger partial charge on any atom is -0.00173 e. The molecule has 0 heterocycles. The summed E-state index contributed by atoms with van der Waals surface area (Å²) in [5, 5.41) is 3.13. The second-order valence-corrected chi connectivity index (χ2v) is 2.90. The summed E-state index contributed by atoms with van der Waals surface area (Å²) in [6.07, 6.45) is 8.33. The van der Waals surface area contributed by atoms with Crippen LogP contribution in [0.3, 0.4) is 0 Å². The molecule has 0 aromatic carbocycles. The normalized spacial score (nSPS) is 11.6. The second-order valence-electron chi connectivity index (χ2n) is 2.90. The molecule has 0 bridgehead atoms. The van der Waals surface area contributed by atoms with Crippen molar-refractivity contribution in [2.45, 2.75) is 33.1 Å². The Hall–Kier alpha value is -0.300. The molecule has 0 saturated carbocycles. The van der Waals surface area contributed by atoms with Gasteiger partial charge in [0.15, 0.2) is 0 Å². The number of nitrogens with one attached hydrogen (secondary N) is 1. The Labute approximate surface area is 70.9 Å². The van der Waals surface area contributed by atoms with Crippen LogP contribution in [0.1, 0.15) is 33.1 Å². The van der Waals surface area contributed by atoms with Gasteiger partial charge in [-0.05, 0) is 38.8 Å². The van der Waals surface area contributed by atoms with Crippen LogP contribution in [0.2, 0.25) is 0 Å². The van der Waals surface area contributed by atoms with Crippen molar-refractivity contribution < 1.29 is 0 Å². The number of hydrogen-bond donors (Lipinski definition) is 1. The van der Waals surface area contributed by atoms with Crippen LogP contribution in [0.4, 0.5) is 0 Å². The van der Waals surface area contributed by atoms with Crippen LogP contribution < -0.4 is 5.32 Å². The third-order valence-electron chi connectivity index (χ3n) is 2.02. The van der Waals surface area contributed by atoms with E-state index >= 15 is 0 Å². The number of allylic oxidation sites excluding steroid dienone is 1. The molecule has 0 radical (unpaired) electrons. The van der Waals surface area contributed by atoms with Crippen molar-refractivity contribution >= 4 is 0 Å². The zero-order chi connectivity index (χ0) is 8.53. The SMILES string of the molecule is CCC(C=CCCNC)CC. The molecule has 0 unspecified atom stereocenters. The van der Waals surface area contributed by atoms with Gasteiger partial charge in [0.05, 0.1) is 0 Å². The highest BCUT2D eigenvalue weighted by Crippen LogP contribution is 2.08. The van der Waals surface area contributed by atoms with Gasteiger partial charge < -0.3 is 5.32 Å². The van der Waals surface area contributed by atoms with Crippen LogP contribution in [0, 0.1) is 5.92 Å². The highest BCUT2D eigenvalue weighted by atomic mass is 14.8. The van der Waals surface area contributed by atoms with Gasteiger partial charge in [-0.25, -0.2) is 0 Å². The molecule has 0 rings (SSSR count). The molecule has 11 heavy (non-hydrogen) atoms. The zero-order valence-electron chi connectivity index (χ0n) is 8.06. The minimum absolute atomic E-state index is 0.798. The Bertz CT molecular complexity index is 93.0. The van der Waals surface area contributed by atoms with Gasteiger partial charge in [-0.3, -0.25) is 0 Å². The fraction of sp³-hybridized carbons (Fsp3) is 0.800. The number of rotatable bonds is 6. The molecule has 0 aromatic heterocycles. The summed E-state index contributed by atoms with van der Waals surface area (Å²) in [4.78, 5) is 0. The molecule has 1 heteroatoms. The number of hydrogen-bond acceptors (Lipinski definition) is 1. The van der Waals surface area contributed by atoms with Crippen LogP contribution in [-0.4, -0.2) is 13.6 Å². The molecule has 0 saturated heterocycles. The lowest BCUT2D eigenvalue weighted by Gasteiger charge is -2.04.